The van der Waals surface area contributed by atoms with E-state index in [-0.39, 0.29) is 5.91 Å². The van der Waals surface area contributed by atoms with E-state index in [4.69, 9.17) is 17.3 Å². The molecule has 1 aromatic heterocycles. The van der Waals surface area contributed by atoms with Gasteiger partial charge in [0.1, 0.15) is 5.15 Å². The number of hydrogen-bond donors (Lipinski definition) is 1. The van der Waals surface area contributed by atoms with Crippen LogP contribution in [0.5, 0.6) is 0 Å². The molecule has 2 N–H and O–H groups in total. The van der Waals surface area contributed by atoms with Crippen molar-refractivity contribution in [1.82, 2.24) is 9.88 Å². The van der Waals surface area contributed by atoms with Crippen LogP contribution in [-0.4, -0.2) is 35.4 Å². The molecule has 1 atom stereocenters. The molecule has 0 spiro atoms. The van der Waals surface area contributed by atoms with Gasteiger partial charge in [0.25, 0.3) is 5.91 Å². The molecule has 1 aliphatic rings. The highest BCUT2D eigenvalue weighted by Gasteiger charge is 2.23. The molecular weight excluding hydrogens is 238 g/mol. The van der Waals surface area contributed by atoms with E-state index >= 15 is 0 Å². The predicted octanol–water partition coefficient (Wildman–Crippen LogP) is 1.55. The number of rotatable bonds is 2. The zero-order chi connectivity index (χ0) is 12.3. The van der Waals surface area contributed by atoms with Gasteiger partial charge < -0.3 is 10.6 Å². The molecule has 2 heterocycles. The number of carbonyl (C=O) groups excluding carboxylic acids is 1. The highest BCUT2D eigenvalue weighted by molar-refractivity contribution is 6.29. The van der Waals surface area contributed by atoms with Gasteiger partial charge in [0, 0.05) is 24.8 Å². The number of nitrogens with zero attached hydrogens (tertiary/aromatic N) is 2. The summed E-state index contributed by atoms with van der Waals surface area (Å²) in [4.78, 5) is 17.9. The molecule has 1 amide bonds. The van der Waals surface area contributed by atoms with Crippen molar-refractivity contribution < 1.29 is 4.79 Å². The van der Waals surface area contributed by atoms with Crippen molar-refractivity contribution in [3.8, 4) is 0 Å². The second kappa shape index (κ2) is 5.47. The first-order valence-electron chi connectivity index (χ1n) is 5.81. The minimum atomic E-state index is 0.0208. The molecule has 0 radical (unpaired) electrons. The summed E-state index contributed by atoms with van der Waals surface area (Å²) in [6, 6.07) is 3.30. The standard InChI is InChI=1S/C12H16ClN3O/c13-11-6-10(3-4-15-11)12(17)16-5-1-2-9(7-14)8-16/h3-4,6,9H,1-2,5,7-8,14H2/t9-/m0/s1. The maximum atomic E-state index is 12.2. The number of hydrogen-bond acceptors (Lipinski definition) is 3. The van der Waals surface area contributed by atoms with Crippen molar-refractivity contribution in [2.45, 2.75) is 12.8 Å². The monoisotopic (exact) mass is 253 g/mol. The molecule has 1 aliphatic heterocycles. The van der Waals surface area contributed by atoms with E-state index in [0.29, 0.717) is 23.2 Å². The summed E-state index contributed by atoms with van der Waals surface area (Å²) in [5, 5.41) is 0.350. The zero-order valence-corrected chi connectivity index (χ0v) is 10.4. The number of likely N-dealkylation sites (tertiary alicyclic amines) is 1. The first-order valence-corrected chi connectivity index (χ1v) is 6.19. The Bertz CT molecular complexity index is 410. The van der Waals surface area contributed by atoms with Crippen LogP contribution in [0.1, 0.15) is 23.2 Å². The lowest BCUT2D eigenvalue weighted by Gasteiger charge is -2.32. The number of piperidine rings is 1. The Morgan fingerprint density at radius 2 is 2.47 bits per heavy atom. The van der Waals surface area contributed by atoms with Gasteiger partial charge in [-0.3, -0.25) is 4.79 Å². The predicted molar refractivity (Wildman–Crippen MR) is 66.9 cm³/mol. The number of pyridine rings is 1. The van der Waals surface area contributed by atoms with Crippen molar-refractivity contribution in [3.05, 3.63) is 29.0 Å². The van der Waals surface area contributed by atoms with Crippen molar-refractivity contribution in [3.63, 3.8) is 0 Å². The van der Waals surface area contributed by atoms with Crippen LogP contribution >= 0.6 is 11.6 Å². The number of aromatic nitrogens is 1. The average molecular weight is 254 g/mol. The van der Waals surface area contributed by atoms with Crippen molar-refractivity contribution in [2.75, 3.05) is 19.6 Å². The fourth-order valence-corrected chi connectivity index (χ4v) is 2.33. The fourth-order valence-electron chi connectivity index (χ4n) is 2.16. The topological polar surface area (TPSA) is 59.2 Å². The van der Waals surface area contributed by atoms with E-state index in [1.165, 1.54) is 0 Å². The molecule has 2 rings (SSSR count). The molecule has 0 aliphatic carbocycles. The van der Waals surface area contributed by atoms with Crippen LogP contribution in [0.25, 0.3) is 0 Å². The van der Waals surface area contributed by atoms with Crippen LogP contribution in [0.15, 0.2) is 18.3 Å². The summed E-state index contributed by atoms with van der Waals surface area (Å²) in [5.74, 6) is 0.442. The van der Waals surface area contributed by atoms with Gasteiger partial charge in [0.05, 0.1) is 0 Å². The first-order chi connectivity index (χ1) is 8.20. The number of carbonyl (C=O) groups is 1. The Morgan fingerprint density at radius 1 is 1.65 bits per heavy atom. The fraction of sp³-hybridized carbons (Fsp3) is 0.500. The maximum Gasteiger partial charge on any atom is 0.254 e. The average Bonchev–Trinajstić information content (AvgIpc) is 2.38. The molecule has 1 fully saturated rings. The van der Waals surface area contributed by atoms with Gasteiger partial charge in [0.2, 0.25) is 0 Å². The first kappa shape index (κ1) is 12.3. The molecule has 4 nitrogen and oxygen atoms in total. The van der Waals surface area contributed by atoms with Crippen molar-refractivity contribution >= 4 is 17.5 Å². The third kappa shape index (κ3) is 2.96. The summed E-state index contributed by atoms with van der Waals surface area (Å²) >= 11 is 5.78. The van der Waals surface area contributed by atoms with E-state index in [9.17, 15) is 4.79 Å². The second-order valence-corrected chi connectivity index (χ2v) is 4.75. The molecule has 1 saturated heterocycles. The van der Waals surface area contributed by atoms with Crippen LogP contribution in [0.4, 0.5) is 0 Å². The normalized spacial score (nSPS) is 20.4. The van der Waals surface area contributed by atoms with E-state index in [0.717, 1.165) is 25.9 Å². The molecular formula is C12H16ClN3O. The van der Waals surface area contributed by atoms with Gasteiger partial charge >= 0.3 is 0 Å². The molecule has 0 aromatic carbocycles. The van der Waals surface area contributed by atoms with Gasteiger partial charge in [-0.15, -0.1) is 0 Å². The molecule has 0 saturated carbocycles. The summed E-state index contributed by atoms with van der Waals surface area (Å²) in [6.45, 7) is 2.19. The molecule has 0 bridgehead atoms. The van der Waals surface area contributed by atoms with Gasteiger partial charge in [0.15, 0.2) is 0 Å². The van der Waals surface area contributed by atoms with Gasteiger partial charge in [-0.25, -0.2) is 4.98 Å². The molecule has 0 unspecified atom stereocenters. The molecule has 92 valence electrons. The lowest BCUT2D eigenvalue weighted by Crippen LogP contribution is -2.42. The Morgan fingerprint density at radius 3 is 3.18 bits per heavy atom. The van der Waals surface area contributed by atoms with E-state index in [2.05, 4.69) is 4.98 Å². The van der Waals surface area contributed by atoms with Crippen LogP contribution in [-0.2, 0) is 0 Å². The Balaban J connectivity index is 2.09. The maximum absolute atomic E-state index is 12.2. The number of nitrogens with two attached hydrogens (primary N) is 1. The lowest BCUT2D eigenvalue weighted by molar-refractivity contribution is 0.0678. The zero-order valence-electron chi connectivity index (χ0n) is 9.60. The highest BCUT2D eigenvalue weighted by atomic mass is 35.5. The Kier molecular flexibility index (Phi) is 3.97. The number of halogens is 1. The number of amides is 1. The van der Waals surface area contributed by atoms with Gasteiger partial charge in [-0.2, -0.15) is 0 Å². The molecule has 5 heteroatoms. The largest absolute Gasteiger partial charge is 0.338 e. The van der Waals surface area contributed by atoms with Gasteiger partial charge in [-0.1, -0.05) is 11.6 Å². The van der Waals surface area contributed by atoms with Crippen molar-refractivity contribution in [2.24, 2.45) is 11.7 Å². The van der Waals surface area contributed by atoms with Crippen molar-refractivity contribution in [1.29, 1.82) is 0 Å². The molecule has 1 aromatic rings. The van der Waals surface area contributed by atoms with Crippen LogP contribution in [0, 0.1) is 5.92 Å². The van der Waals surface area contributed by atoms with Crippen LogP contribution < -0.4 is 5.73 Å². The summed E-state index contributed by atoms with van der Waals surface area (Å²) < 4.78 is 0. The smallest absolute Gasteiger partial charge is 0.254 e. The lowest BCUT2D eigenvalue weighted by atomic mass is 9.98. The summed E-state index contributed by atoms with van der Waals surface area (Å²) in [5.41, 5.74) is 6.26. The van der Waals surface area contributed by atoms with E-state index < -0.39 is 0 Å². The minimum absolute atomic E-state index is 0.0208. The summed E-state index contributed by atoms with van der Waals surface area (Å²) in [6.07, 6.45) is 3.68. The minimum Gasteiger partial charge on any atom is -0.338 e. The Hall–Kier alpha value is -1.13. The Labute approximate surface area is 106 Å². The third-order valence-corrected chi connectivity index (χ3v) is 3.32. The van der Waals surface area contributed by atoms with Crippen LogP contribution in [0.3, 0.4) is 0 Å². The van der Waals surface area contributed by atoms with Gasteiger partial charge in [-0.05, 0) is 37.4 Å². The van der Waals surface area contributed by atoms with E-state index in [1.807, 2.05) is 4.90 Å². The quantitative estimate of drug-likeness (QED) is 0.814. The van der Waals surface area contributed by atoms with Crippen LogP contribution in [0.2, 0.25) is 5.15 Å². The molecule has 17 heavy (non-hydrogen) atoms. The third-order valence-electron chi connectivity index (χ3n) is 3.11. The SMILES string of the molecule is NC[C@@H]1CCCN(C(=O)c2ccnc(Cl)c2)C1. The highest BCUT2D eigenvalue weighted by Crippen LogP contribution is 2.18. The second-order valence-electron chi connectivity index (χ2n) is 4.36. The van der Waals surface area contributed by atoms with E-state index in [1.54, 1.807) is 18.3 Å². The summed E-state index contributed by atoms with van der Waals surface area (Å²) in [7, 11) is 0.